The number of anilines is 1. The minimum absolute atomic E-state index is 0.335. The van der Waals surface area contributed by atoms with Gasteiger partial charge >= 0.3 is 0 Å². The quantitative estimate of drug-likeness (QED) is 0.836. The first-order chi connectivity index (χ1) is 9.10. The molecule has 0 N–H and O–H groups in total. The molecule has 0 amide bonds. The van der Waals surface area contributed by atoms with Gasteiger partial charge in [0.05, 0.1) is 11.6 Å². The molecule has 0 atom stereocenters. The molecule has 19 heavy (non-hydrogen) atoms. The molecule has 2 aromatic rings. The Kier molecular flexibility index (Phi) is 3.82. The molecule has 0 aromatic heterocycles. The smallest absolute Gasteiger partial charge is 0.129 e. The monoisotopic (exact) mass is 254 g/mol. The molecular weight excluding hydrogens is 239 g/mol. The molecule has 0 fully saturated rings. The molecule has 0 radical (unpaired) electrons. The number of benzene rings is 2. The van der Waals surface area contributed by atoms with Gasteiger partial charge in [0.1, 0.15) is 5.82 Å². The van der Waals surface area contributed by atoms with Crippen molar-refractivity contribution in [3.8, 4) is 6.07 Å². The third-order valence-electron chi connectivity index (χ3n) is 3.03. The van der Waals surface area contributed by atoms with Gasteiger partial charge in [0.25, 0.3) is 0 Å². The summed E-state index contributed by atoms with van der Waals surface area (Å²) in [6, 6.07) is 14.6. The van der Waals surface area contributed by atoms with E-state index < -0.39 is 0 Å². The van der Waals surface area contributed by atoms with Crippen molar-refractivity contribution in [1.29, 1.82) is 5.26 Å². The number of rotatable bonds is 3. The minimum atomic E-state index is -0.335. The second kappa shape index (κ2) is 5.53. The van der Waals surface area contributed by atoms with Gasteiger partial charge in [-0.2, -0.15) is 5.26 Å². The van der Waals surface area contributed by atoms with Crippen molar-refractivity contribution in [2.24, 2.45) is 0 Å². The van der Waals surface area contributed by atoms with E-state index in [1.165, 1.54) is 11.6 Å². The number of nitriles is 1. The van der Waals surface area contributed by atoms with Crippen molar-refractivity contribution >= 4 is 5.69 Å². The summed E-state index contributed by atoms with van der Waals surface area (Å²) in [7, 11) is 1.92. The van der Waals surface area contributed by atoms with Crippen LogP contribution in [0.4, 0.5) is 10.1 Å². The van der Waals surface area contributed by atoms with Crippen LogP contribution < -0.4 is 4.90 Å². The summed E-state index contributed by atoms with van der Waals surface area (Å²) in [4.78, 5) is 1.98. The largest absolute Gasteiger partial charge is 0.370 e. The number of nitrogens with zero attached hydrogens (tertiary/aromatic N) is 2. The summed E-state index contributed by atoms with van der Waals surface area (Å²) >= 11 is 0. The van der Waals surface area contributed by atoms with Gasteiger partial charge in [0.2, 0.25) is 0 Å². The Labute approximate surface area is 112 Å². The molecule has 2 aromatic carbocycles. The summed E-state index contributed by atoms with van der Waals surface area (Å²) in [5.74, 6) is -0.335. The Balaban J connectivity index is 2.20. The highest BCUT2D eigenvalue weighted by molar-refractivity contribution is 5.48. The van der Waals surface area contributed by atoms with Crippen LogP contribution in [0.15, 0.2) is 42.5 Å². The highest BCUT2D eigenvalue weighted by Gasteiger charge is 2.07. The molecule has 0 bridgehead atoms. The maximum Gasteiger partial charge on any atom is 0.129 e. The van der Waals surface area contributed by atoms with Crippen LogP contribution in [0, 0.1) is 24.1 Å². The Morgan fingerprint density at radius 2 is 2.00 bits per heavy atom. The Hall–Kier alpha value is -2.34. The standard InChI is InChI=1S/C16H15FN2/c1-12-4-3-5-15(8-12)19(2)11-14-7-6-13(10-18)9-16(14)17/h3-9H,11H2,1-2H3. The second-order valence-corrected chi connectivity index (χ2v) is 4.61. The van der Waals surface area contributed by atoms with Crippen molar-refractivity contribution in [1.82, 2.24) is 0 Å². The minimum Gasteiger partial charge on any atom is -0.370 e. The zero-order chi connectivity index (χ0) is 13.8. The zero-order valence-corrected chi connectivity index (χ0v) is 11.0. The second-order valence-electron chi connectivity index (χ2n) is 4.61. The lowest BCUT2D eigenvalue weighted by Gasteiger charge is -2.20. The van der Waals surface area contributed by atoms with Crippen molar-refractivity contribution in [3.05, 3.63) is 65.0 Å². The van der Waals surface area contributed by atoms with Gasteiger partial charge in [-0.1, -0.05) is 18.2 Å². The number of hydrogen-bond donors (Lipinski definition) is 0. The van der Waals surface area contributed by atoms with Gasteiger partial charge in [-0.25, -0.2) is 4.39 Å². The summed E-state index contributed by atoms with van der Waals surface area (Å²) in [6.45, 7) is 2.50. The molecule has 0 spiro atoms. The van der Waals surface area contributed by atoms with Crippen LogP contribution in [0.2, 0.25) is 0 Å². The SMILES string of the molecule is Cc1cccc(N(C)Cc2ccc(C#N)cc2F)c1. The normalized spacial score (nSPS) is 10.0. The summed E-state index contributed by atoms with van der Waals surface area (Å²) < 4.78 is 13.8. The zero-order valence-electron chi connectivity index (χ0n) is 11.0. The topological polar surface area (TPSA) is 27.0 Å². The molecule has 0 aliphatic heterocycles. The average molecular weight is 254 g/mol. The molecule has 0 saturated carbocycles. The molecule has 2 nitrogen and oxygen atoms in total. The van der Waals surface area contributed by atoms with Gasteiger partial charge in [0.15, 0.2) is 0 Å². The number of halogens is 1. The molecule has 0 aliphatic rings. The van der Waals surface area contributed by atoms with Gasteiger partial charge in [-0.15, -0.1) is 0 Å². The van der Waals surface area contributed by atoms with Crippen molar-refractivity contribution in [3.63, 3.8) is 0 Å². The van der Waals surface area contributed by atoms with Gasteiger partial charge in [-0.05, 0) is 36.8 Å². The molecule has 0 aliphatic carbocycles. The van der Waals surface area contributed by atoms with Crippen molar-refractivity contribution < 1.29 is 4.39 Å². The van der Waals surface area contributed by atoms with E-state index in [1.807, 2.05) is 43.1 Å². The Bertz CT molecular complexity index is 629. The number of aryl methyl sites for hydroxylation is 1. The van der Waals surface area contributed by atoms with Gasteiger partial charge < -0.3 is 4.90 Å². The van der Waals surface area contributed by atoms with E-state index in [-0.39, 0.29) is 5.82 Å². The molecule has 0 heterocycles. The fourth-order valence-corrected chi connectivity index (χ4v) is 1.96. The van der Waals surface area contributed by atoms with Gasteiger partial charge in [0, 0.05) is 24.8 Å². The summed E-state index contributed by atoms with van der Waals surface area (Å²) in [5, 5.41) is 8.72. The number of hydrogen-bond acceptors (Lipinski definition) is 2. The van der Waals surface area contributed by atoms with E-state index >= 15 is 0 Å². The van der Waals surface area contributed by atoms with Crippen LogP contribution in [0.5, 0.6) is 0 Å². The fourth-order valence-electron chi connectivity index (χ4n) is 1.96. The highest BCUT2D eigenvalue weighted by atomic mass is 19.1. The maximum atomic E-state index is 13.8. The molecule has 96 valence electrons. The lowest BCUT2D eigenvalue weighted by molar-refractivity contribution is 0.607. The predicted molar refractivity (Wildman–Crippen MR) is 74.4 cm³/mol. The molecule has 0 unspecified atom stereocenters. The molecular formula is C16H15FN2. The van der Waals surface area contributed by atoms with Crippen LogP contribution in [0.1, 0.15) is 16.7 Å². The first-order valence-corrected chi connectivity index (χ1v) is 6.06. The molecule has 2 rings (SSSR count). The van der Waals surface area contributed by atoms with E-state index in [4.69, 9.17) is 5.26 Å². The lowest BCUT2D eigenvalue weighted by Crippen LogP contribution is -2.17. The highest BCUT2D eigenvalue weighted by Crippen LogP contribution is 2.18. The van der Waals surface area contributed by atoms with E-state index in [1.54, 1.807) is 12.1 Å². The Morgan fingerprint density at radius 1 is 1.21 bits per heavy atom. The van der Waals surface area contributed by atoms with E-state index in [0.29, 0.717) is 17.7 Å². The summed E-state index contributed by atoms with van der Waals surface area (Å²) in [6.07, 6.45) is 0. The van der Waals surface area contributed by atoms with Crippen LogP contribution in [-0.4, -0.2) is 7.05 Å². The van der Waals surface area contributed by atoms with Crippen LogP contribution in [-0.2, 0) is 6.54 Å². The van der Waals surface area contributed by atoms with E-state index in [2.05, 4.69) is 6.07 Å². The van der Waals surface area contributed by atoms with E-state index in [0.717, 1.165) is 5.69 Å². The fraction of sp³-hybridized carbons (Fsp3) is 0.188. The maximum absolute atomic E-state index is 13.8. The van der Waals surface area contributed by atoms with Crippen LogP contribution in [0.3, 0.4) is 0 Å². The van der Waals surface area contributed by atoms with Crippen LogP contribution >= 0.6 is 0 Å². The molecule has 3 heteroatoms. The third kappa shape index (κ3) is 3.11. The average Bonchev–Trinajstić information content (AvgIpc) is 2.41. The van der Waals surface area contributed by atoms with E-state index in [9.17, 15) is 4.39 Å². The third-order valence-corrected chi connectivity index (χ3v) is 3.03. The molecule has 0 saturated heterocycles. The predicted octanol–water partition coefficient (Wildman–Crippen LogP) is 3.64. The lowest BCUT2D eigenvalue weighted by atomic mass is 10.1. The van der Waals surface area contributed by atoms with Crippen molar-refractivity contribution in [2.45, 2.75) is 13.5 Å². The summed E-state index contributed by atoms with van der Waals surface area (Å²) in [5.41, 5.74) is 3.15. The van der Waals surface area contributed by atoms with Crippen molar-refractivity contribution in [2.75, 3.05) is 11.9 Å². The van der Waals surface area contributed by atoms with Crippen LogP contribution in [0.25, 0.3) is 0 Å². The Morgan fingerprint density at radius 3 is 2.63 bits per heavy atom. The first kappa shape index (κ1) is 13.1. The first-order valence-electron chi connectivity index (χ1n) is 6.06. The van der Waals surface area contributed by atoms with Gasteiger partial charge in [-0.3, -0.25) is 0 Å².